The highest BCUT2D eigenvalue weighted by atomic mass is 16.2. The van der Waals surface area contributed by atoms with Crippen LogP contribution in [0, 0.1) is 31.6 Å². The largest absolute Gasteiger partial charge is 0.296 e. The first-order chi connectivity index (χ1) is 18.3. The highest BCUT2D eigenvalue weighted by Crippen LogP contribution is 2.56. The lowest BCUT2D eigenvalue weighted by Crippen LogP contribution is -2.51. The third-order valence-electron chi connectivity index (χ3n) is 8.61. The molecule has 7 heteroatoms. The molecule has 38 heavy (non-hydrogen) atoms. The SMILES string of the molecule is Cc1ccc(N2C(=O)C3C(C(C)C)NC4(c5ccccc5-n5c4nc4ccccc4c5=O)C3C2=O)c(C)c1. The molecule has 1 spiro atoms. The molecule has 2 saturated heterocycles. The molecule has 0 radical (unpaired) electrons. The first-order valence-corrected chi connectivity index (χ1v) is 13.1. The van der Waals surface area contributed by atoms with E-state index in [-0.39, 0.29) is 29.3 Å². The summed E-state index contributed by atoms with van der Waals surface area (Å²) in [5.41, 5.74) is 3.36. The number of para-hydroxylation sites is 2. The van der Waals surface area contributed by atoms with Gasteiger partial charge in [-0.3, -0.25) is 24.3 Å². The Morgan fingerprint density at radius 1 is 0.895 bits per heavy atom. The molecule has 3 aliphatic heterocycles. The third-order valence-corrected chi connectivity index (χ3v) is 8.61. The van der Waals surface area contributed by atoms with E-state index in [9.17, 15) is 14.4 Å². The lowest BCUT2D eigenvalue weighted by molar-refractivity contribution is -0.123. The van der Waals surface area contributed by atoms with E-state index in [1.165, 1.54) is 4.90 Å². The number of carbonyl (C=O) groups excluding carboxylic acids is 2. The number of rotatable bonds is 2. The Hall–Kier alpha value is -4.10. The summed E-state index contributed by atoms with van der Waals surface area (Å²) in [4.78, 5) is 48.9. The number of anilines is 1. The molecular formula is C31H28N4O3. The van der Waals surface area contributed by atoms with E-state index >= 15 is 0 Å². The van der Waals surface area contributed by atoms with Crippen LogP contribution < -0.4 is 15.8 Å². The Labute approximate surface area is 220 Å². The van der Waals surface area contributed by atoms with Gasteiger partial charge in [0.2, 0.25) is 11.8 Å². The van der Waals surface area contributed by atoms with Crippen LogP contribution >= 0.6 is 0 Å². The molecule has 2 amide bonds. The lowest BCUT2D eigenvalue weighted by Gasteiger charge is -2.32. The third kappa shape index (κ3) is 2.72. The molecule has 4 unspecified atom stereocenters. The second-order valence-corrected chi connectivity index (χ2v) is 11.1. The van der Waals surface area contributed by atoms with E-state index in [0.29, 0.717) is 28.1 Å². The van der Waals surface area contributed by atoms with Gasteiger partial charge in [0.15, 0.2) is 0 Å². The van der Waals surface area contributed by atoms with E-state index in [2.05, 4.69) is 19.2 Å². The molecule has 0 aliphatic carbocycles. The minimum Gasteiger partial charge on any atom is -0.296 e. The average Bonchev–Trinajstić information content (AvgIpc) is 3.49. The maximum absolute atomic E-state index is 14.5. The minimum atomic E-state index is -1.11. The van der Waals surface area contributed by atoms with Crippen molar-refractivity contribution in [2.45, 2.75) is 39.3 Å². The normalized spacial score (nSPS) is 25.5. The molecule has 190 valence electrons. The Kier molecular flexibility index (Phi) is 4.68. The molecule has 7 rings (SSSR count). The number of amides is 2. The van der Waals surface area contributed by atoms with Crippen molar-refractivity contribution in [1.82, 2.24) is 14.9 Å². The van der Waals surface area contributed by atoms with Gasteiger partial charge in [0, 0.05) is 11.6 Å². The van der Waals surface area contributed by atoms with Gasteiger partial charge >= 0.3 is 0 Å². The molecule has 1 N–H and O–H groups in total. The van der Waals surface area contributed by atoms with Crippen molar-refractivity contribution in [1.29, 1.82) is 0 Å². The Morgan fingerprint density at radius 2 is 1.63 bits per heavy atom. The topological polar surface area (TPSA) is 84.3 Å². The predicted octanol–water partition coefficient (Wildman–Crippen LogP) is 3.99. The number of nitrogens with one attached hydrogen (secondary N) is 1. The molecule has 3 aromatic carbocycles. The maximum Gasteiger partial charge on any atom is 0.266 e. The zero-order valence-corrected chi connectivity index (χ0v) is 21.7. The Bertz CT molecular complexity index is 1760. The zero-order valence-electron chi connectivity index (χ0n) is 21.7. The highest BCUT2D eigenvalue weighted by molar-refractivity contribution is 6.23. The van der Waals surface area contributed by atoms with Crippen molar-refractivity contribution in [3.05, 3.63) is 99.6 Å². The number of hydrogen-bond acceptors (Lipinski definition) is 5. The molecule has 4 atom stereocenters. The smallest absolute Gasteiger partial charge is 0.266 e. The van der Waals surface area contributed by atoms with Crippen LogP contribution in [0.25, 0.3) is 16.6 Å². The molecule has 1 aromatic heterocycles. The fourth-order valence-electron chi connectivity index (χ4n) is 7.02. The fraction of sp³-hybridized carbons (Fsp3) is 0.290. The molecular weight excluding hydrogens is 476 g/mol. The number of aromatic nitrogens is 2. The Balaban J connectivity index is 1.53. The van der Waals surface area contributed by atoms with E-state index < -0.39 is 17.4 Å². The summed E-state index contributed by atoms with van der Waals surface area (Å²) in [7, 11) is 0. The maximum atomic E-state index is 14.5. The number of nitrogens with zero attached hydrogens (tertiary/aromatic N) is 3. The summed E-state index contributed by atoms with van der Waals surface area (Å²) in [5, 5.41) is 4.26. The molecule has 0 saturated carbocycles. The van der Waals surface area contributed by atoms with E-state index in [4.69, 9.17) is 4.98 Å². The second-order valence-electron chi connectivity index (χ2n) is 11.1. The van der Waals surface area contributed by atoms with E-state index in [1.54, 1.807) is 10.6 Å². The van der Waals surface area contributed by atoms with Gasteiger partial charge in [0.25, 0.3) is 5.56 Å². The van der Waals surface area contributed by atoms with Gasteiger partial charge in [0.1, 0.15) is 11.4 Å². The fourth-order valence-corrected chi connectivity index (χ4v) is 7.02. The Morgan fingerprint density at radius 3 is 2.39 bits per heavy atom. The summed E-state index contributed by atoms with van der Waals surface area (Å²) in [6.07, 6.45) is 0. The lowest BCUT2D eigenvalue weighted by atomic mass is 9.75. The molecule has 0 bridgehead atoms. The van der Waals surface area contributed by atoms with Gasteiger partial charge in [-0.05, 0) is 49.6 Å². The van der Waals surface area contributed by atoms with Crippen molar-refractivity contribution >= 4 is 28.4 Å². The number of fused-ring (bicyclic) bond motifs is 8. The van der Waals surface area contributed by atoms with Crippen molar-refractivity contribution in [2.75, 3.05) is 4.90 Å². The highest BCUT2D eigenvalue weighted by Gasteiger charge is 2.70. The number of hydrogen-bond donors (Lipinski definition) is 1. The van der Waals surface area contributed by atoms with Gasteiger partial charge in [0.05, 0.1) is 34.1 Å². The van der Waals surface area contributed by atoms with Gasteiger partial charge in [-0.1, -0.05) is 61.9 Å². The van der Waals surface area contributed by atoms with Gasteiger partial charge < -0.3 is 0 Å². The van der Waals surface area contributed by atoms with Crippen LogP contribution in [0.5, 0.6) is 0 Å². The summed E-state index contributed by atoms with van der Waals surface area (Å²) in [5.74, 6) is -1.25. The molecule has 4 heterocycles. The minimum absolute atomic E-state index is 0.0612. The average molecular weight is 505 g/mol. The molecule has 2 fully saturated rings. The second kappa shape index (κ2) is 7.71. The van der Waals surface area contributed by atoms with Crippen LogP contribution in [0.3, 0.4) is 0 Å². The van der Waals surface area contributed by atoms with Crippen LogP contribution in [-0.4, -0.2) is 27.4 Å². The van der Waals surface area contributed by atoms with Gasteiger partial charge in [-0.2, -0.15) is 0 Å². The summed E-state index contributed by atoms with van der Waals surface area (Å²) < 4.78 is 1.64. The standard InChI is InChI=1S/C31H28N4O3/c1-16(2)26-24-25(29(38)34(28(24)37)22-14-13-17(3)15-18(22)4)31(33-26)20-10-6-8-12-23(20)35-27(36)19-9-5-7-11-21(19)32-30(31)35/h5-16,24-26,33H,1-4H3. The summed E-state index contributed by atoms with van der Waals surface area (Å²) >= 11 is 0. The van der Waals surface area contributed by atoms with Crippen LogP contribution in [0.15, 0.2) is 71.5 Å². The van der Waals surface area contributed by atoms with Crippen LogP contribution in [-0.2, 0) is 15.1 Å². The van der Waals surface area contributed by atoms with Crippen molar-refractivity contribution in [3.63, 3.8) is 0 Å². The number of benzene rings is 3. The molecule has 3 aliphatic rings. The van der Waals surface area contributed by atoms with Crippen LogP contribution in [0.2, 0.25) is 0 Å². The zero-order chi connectivity index (χ0) is 26.5. The number of aryl methyl sites for hydroxylation is 2. The first-order valence-electron chi connectivity index (χ1n) is 13.1. The van der Waals surface area contributed by atoms with Crippen molar-refractivity contribution in [3.8, 4) is 5.69 Å². The number of imide groups is 1. The van der Waals surface area contributed by atoms with Gasteiger partial charge in [-0.25, -0.2) is 9.88 Å². The van der Waals surface area contributed by atoms with Gasteiger partial charge in [-0.15, -0.1) is 0 Å². The van der Waals surface area contributed by atoms with Crippen molar-refractivity contribution < 1.29 is 9.59 Å². The monoisotopic (exact) mass is 504 g/mol. The van der Waals surface area contributed by atoms with E-state index in [0.717, 1.165) is 16.7 Å². The van der Waals surface area contributed by atoms with Crippen molar-refractivity contribution in [2.24, 2.45) is 17.8 Å². The first kappa shape index (κ1) is 23.0. The van der Waals surface area contributed by atoms with E-state index in [1.807, 2.05) is 74.5 Å². The quantitative estimate of drug-likeness (QED) is 0.418. The summed E-state index contributed by atoms with van der Waals surface area (Å²) in [6.45, 7) is 8.05. The predicted molar refractivity (Wildman–Crippen MR) is 145 cm³/mol. The molecule has 4 aromatic rings. The molecule has 7 nitrogen and oxygen atoms in total. The summed E-state index contributed by atoms with van der Waals surface area (Å²) in [6, 6.07) is 20.4. The number of carbonyl (C=O) groups is 2. The van der Waals surface area contributed by atoms with Crippen LogP contribution in [0.1, 0.15) is 36.4 Å². The van der Waals surface area contributed by atoms with Crippen LogP contribution in [0.4, 0.5) is 5.69 Å².